The topological polar surface area (TPSA) is 47.4 Å². The van der Waals surface area contributed by atoms with E-state index in [1.807, 2.05) is 59.5 Å². The van der Waals surface area contributed by atoms with Crippen molar-refractivity contribution in [3.05, 3.63) is 89.2 Å². The predicted octanol–water partition coefficient (Wildman–Crippen LogP) is 5.99. The van der Waals surface area contributed by atoms with E-state index < -0.39 is 0 Å². The number of aromatic nitrogens is 2. The molecule has 1 fully saturated rings. The molecule has 33 heavy (non-hydrogen) atoms. The largest absolute Gasteiger partial charge is 0.494 e. The molecule has 0 unspecified atom stereocenters. The van der Waals surface area contributed by atoms with E-state index in [0.717, 1.165) is 41.3 Å². The third kappa shape index (κ3) is 4.60. The molecule has 0 radical (unpaired) electrons. The Labute approximate surface area is 198 Å². The lowest BCUT2D eigenvalue weighted by atomic mass is 10.1. The number of nitrogens with zero attached hydrogens (tertiary/aromatic N) is 3. The summed E-state index contributed by atoms with van der Waals surface area (Å²) in [5.41, 5.74) is 4.15. The fraction of sp³-hybridized carbons (Fsp3) is 0.259. The summed E-state index contributed by atoms with van der Waals surface area (Å²) in [6, 6.07) is 23.7. The van der Waals surface area contributed by atoms with Crippen LogP contribution in [-0.2, 0) is 11.3 Å². The minimum absolute atomic E-state index is 0.0404. The van der Waals surface area contributed by atoms with Crippen LogP contribution in [0.3, 0.4) is 0 Å². The van der Waals surface area contributed by atoms with E-state index >= 15 is 0 Å². The number of amides is 1. The molecule has 6 heteroatoms. The zero-order valence-electron chi connectivity index (χ0n) is 18.6. The number of carbonyl (C=O) groups excluding carboxylic acids is 1. The highest BCUT2D eigenvalue weighted by molar-refractivity contribution is 6.30. The fourth-order valence-corrected chi connectivity index (χ4v) is 4.57. The van der Waals surface area contributed by atoms with Crippen molar-refractivity contribution in [1.29, 1.82) is 0 Å². The van der Waals surface area contributed by atoms with Crippen LogP contribution in [0.15, 0.2) is 72.8 Å². The minimum atomic E-state index is 0.0404. The Morgan fingerprint density at radius 2 is 1.79 bits per heavy atom. The Morgan fingerprint density at radius 1 is 1.03 bits per heavy atom. The summed E-state index contributed by atoms with van der Waals surface area (Å²) in [6.07, 6.45) is 1.30. The molecule has 1 amide bonds. The Kier molecular flexibility index (Phi) is 6.05. The number of halogens is 1. The summed E-state index contributed by atoms with van der Waals surface area (Å²) in [6.45, 7) is 4.09. The quantitative estimate of drug-likeness (QED) is 0.319. The zero-order valence-corrected chi connectivity index (χ0v) is 19.3. The van der Waals surface area contributed by atoms with Gasteiger partial charge in [0.2, 0.25) is 5.91 Å². The second kappa shape index (κ2) is 9.28. The highest BCUT2D eigenvalue weighted by atomic mass is 35.5. The third-order valence-electron chi connectivity index (χ3n) is 6.13. The average molecular weight is 460 g/mol. The number of aryl methyl sites for hydroxylation is 2. The number of carbonyl (C=O) groups is 1. The van der Waals surface area contributed by atoms with Gasteiger partial charge in [0.1, 0.15) is 11.6 Å². The van der Waals surface area contributed by atoms with E-state index in [4.69, 9.17) is 21.3 Å². The molecule has 0 spiro atoms. The predicted molar refractivity (Wildman–Crippen MR) is 132 cm³/mol. The van der Waals surface area contributed by atoms with Gasteiger partial charge in [0.25, 0.3) is 0 Å². The molecule has 168 valence electrons. The van der Waals surface area contributed by atoms with E-state index in [-0.39, 0.29) is 11.8 Å². The van der Waals surface area contributed by atoms with Gasteiger partial charge in [-0.1, -0.05) is 41.4 Å². The van der Waals surface area contributed by atoms with Crippen LogP contribution >= 0.6 is 11.6 Å². The lowest BCUT2D eigenvalue weighted by Crippen LogP contribution is -2.24. The Hall–Kier alpha value is -3.31. The fourth-order valence-electron chi connectivity index (χ4n) is 4.44. The highest BCUT2D eigenvalue weighted by Crippen LogP contribution is 2.33. The van der Waals surface area contributed by atoms with Gasteiger partial charge in [-0.05, 0) is 61.9 Å². The first-order chi connectivity index (χ1) is 16.1. The molecule has 2 heterocycles. The van der Waals surface area contributed by atoms with Gasteiger partial charge >= 0.3 is 0 Å². The molecule has 5 nitrogen and oxygen atoms in total. The minimum Gasteiger partial charge on any atom is -0.494 e. The molecule has 4 aromatic rings. The molecule has 0 aliphatic carbocycles. The van der Waals surface area contributed by atoms with Crippen LogP contribution in [0, 0.1) is 6.92 Å². The highest BCUT2D eigenvalue weighted by Gasteiger charge is 2.34. The summed E-state index contributed by atoms with van der Waals surface area (Å²) < 4.78 is 8.19. The molecule has 1 saturated heterocycles. The van der Waals surface area contributed by atoms with Crippen molar-refractivity contribution in [3.63, 3.8) is 0 Å². The van der Waals surface area contributed by atoms with Crippen molar-refractivity contribution in [2.24, 2.45) is 0 Å². The third-order valence-corrected chi connectivity index (χ3v) is 6.38. The number of fused-ring (bicyclic) bond motifs is 1. The molecule has 5 rings (SSSR count). The number of para-hydroxylation sites is 2. The number of hydrogen-bond acceptors (Lipinski definition) is 3. The van der Waals surface area contributed by atoms with E-state index in [0.29, 0.717) is 24.6 Å². The molecule has 1 atom stereocenters. The van der Waals surface area contributed by atoms with E-state index in [9.17, 15) is 4.79 Å². The van der Waals surface area contributed by atoms with Crippen LogP contribution in [-0.4, -0.2) is 28.6 Å². The van der Waals surface area contributed by atoms with Gasteiger partial charge in [-0.2, -0.15) is 0 Å². The molecular formula is C27H26ClN3O2. The van der Waals surface area contributed by atoms with Gasteiger partial charge in [0, 0.05) is 36.1 Å². The van der Waals surface area contributed by atoms with Crippen LogP contribution in [0.25, 0.3) is 11.0 Å². The summed E-state index contributed by atoms with van der Waals surface area (Å²) in [5.74, 6) is 2.01. The molecule has 1 aliphatic rings. The lowest BCUT2D eigenvalue weighted by molar-refractivity contribution is -0.117. The van der Waals surface area contributed by atoms with Crippen molar-refractivity contribution in [2.45, 2.75) is 32.2 Å². The van der Waals surface area contributed by atoms with Crippen LogP contribution in [0.1, 0.15) is 30.1 Å². The molecule has 0 N–H and O–H groups in total. The smallest absolute Gasteiger partial charge is 0.227 e. The van der Waals surface area contributed by atoms with Gasteiger partial charge in [-0.3, -0.25) is 4.79 Å². The summed E-state index contributed by atoms with van der Waals surface area (Å²) >= 11 is 6.02. The lowest BCUT2D eigenvalue weighted by Gasteiger charge is -2.17. The number of rotatable bonds is 7. The van der Waals surface area contributed by atoms with Crippen LogP contribution in [0.2, 0.25) is 5.02 Å². The van der Waals surface area contributed by atoms with Gasteiger partial charge in [0.05, 0.1) is 17.6 Å². The zero-order chi connectivity index (χ0) is 22.8. The number of anilines is 1. The van der Waals surface area contributed by atoms with Gasteiger partial charge < -0.3 is 14.2 Å². The van der Waals surface area contributed by atoms with Gasteiger partial charge in [0.15, 0.2) is 0 Å². The van der Waals surface area contributed by atoms with E-state index in [2.05, 4.69) is 29.7 Å². The molecular weight excluding hydrogens is 434 g/mol. The maximum absolute atomic E-state index is 12.8. The molecule has 0 saturated carbocycles. The number of imidazole rings is 1. The Bertz CT molecular complexity index is 1270. The summed E-state index contributed by atoms with van der Waals surface area (Å²) in [7, 11) is 0. The Balaban J connectivity index is 1.34. The monoisotopic (exact) mass is 459 g/mol. The second-order valence-electron chi connectivity index (χ2n) is 8.51. The van der Waals surface area contributed by atoms with E-state index in [1.165, 1.54) is 5.56 Å². The molecule has 1 aliphatic heterocycles. The van der Waals surface area contributed by atoms with Gasteiger partial charge in [-0.25, -0.2) is 4.98 Å². The maximum atomic E-state index is 12.8. The molecule has 0 bridgehead atoms. The van der Waals surface area contributed by atoms with Crippen molar-refractivity contribution in [1.82, 2.24) is 9.55 Å². The van der Waals surface area contributed by atoms with Crippen LogP contribution in [0.4, 0.5) is 5.69 Å². The van der Waals surface area contributed by atoms with Crippen molar-refractivity contribution < 1.29 is 9.53 Å². The summed E-state index contributed by atoms with van der Waals surface area (Å²) in [4.78, 5) is 19.6. The van der Waals surface area contributed by atoms with Crippen LogP contribution < -0.4 is 9.64 Å². The molecule has 1 aromatic heterocycles. The van der Waals surface area contributed by atoms with Crippen molar-refractivity contribution in [2.75, 3.05) is 18.1 Å². The van der Waals surface area contributed by atoms with E-state index in [1.54, 1.807) is 0 Å². The normalized spacial score (nSPS) is 16.0. The first kappa shape index (κ1) is 21.5. The SMILES string of the molecule is Cc1ccc(OCCCn2c([C@H]3CC(=O)N(c4ccc(Cl)cc4)C3)nc3ccccc32)cc1. The second-order valence-corrected chi connectivity index (χ2v) is 8.94. The average Bonchev–Trinajstić information content (AvgIpc) is 3.39. The summed E-state index contributed by atoms with van der Waals surface area (Å²) in [5, 5.41) is 0.664. The number of ether oxygens (including phenoxy) is 1. The molecule has 3 aromatic carbocycles. The number of benzene rings is 3. The van der Waals surface area contributed by atoms with Crippen LogP contribution in [0.5, 0.6) is 5.75 Å². The number of hydrogen-bond donors (Lipinski definition) is 0. The van der Waals surface area contributed by atoms with Crippen molar-refractivity contribution in [3.8, 4) is 5.75 Å². The standard InChI is InChI=1S/C27H26ClN3O2/c1-19-7-13-23(14-8-19)33-16-4-15-30-25-6-3-2-5-24(25)29-27(30)20-17-26(32)31(18-20)22-11-9-21(28)10-12-22/h2-3,5-14,20H,4,15-18H2,1H3/t20-/m0/s1. The first-order valence-electron chi connectivity index (χ1n) is 11.3. The van der Waals surface area contributed by atoms with Gasteiger partial charge in [-0.15, -0.1) is 0 Å². The Morgan fingerprint density at radius 3 is 2.58 bits per heavy atom. The van der Waals surface area contributed by atoms with Crippen molar-refractivity contribution >= 4 is 34.2 Å². The maximum Gasteiger partial charge on any atom is 0.227 e. The first-order valence-corrected chi connectivity index (χ1v) is 11.7.